The minimum Gasteiger partial charge on any atom is -0.508 e. The lowest BCUT2D eigenvalue weighted by atomic mass is 10.1. The van der Waals surface area contributed by atoms with Gasteiger partial charge in [0.15, 0.2) is 0 Å². The highest BCUT2D eigenvalue weighted by Gasteiger charge is 2.11. The van der Waals surface area contributed by atoms with Crippen molar-refractivity contribution in [2.75, 3.05) is 5.32 Å². The van der Waals surface area contributed by atoms with Crippen LogP contribution in [0.25, 0.3) is 11.5 Å². The number of urea groups is 1. The maximum Gasteiger partial charge on any atom is 0.343 e. The molecule has 142 valence electrons. The minimum absolute atomic E-state index is 0.0705. The van der Waals surface area contributed by atoms with Gasteiger partial charge in [0.1, 0.15) is 5.75 Å². The molecule has 3 N–H and O–H groups in total. The molecule has 0 aliphatic carbocycles. The SMILES string of the molecule is CC(C)=CC/C=C(/C)C/C=N/NC(=O)Nc1nnc(-c2cccc(O)c2)o1. The van der Waals surface area contributed by atoms with Gasteiger partial charge in [-0.25, -0.2) is 10.2 Å². The summed E-state index contributed by atoms with van der Waals surface area (Å²) in [6.45, 7) is 6.12. The Labute approximate surface area is 157 Å². The van der Waals surface area contributed by atoms with E-state index < -0.39 is 6.03 Å². The largest absolute Gasteiger partial charge is 0.508 e. The summed E-state index contributed by atoms with van der Waals surface area (Å²) in [6.07, 6.45) is 7.38. The number of hydrogen-bond donors (Lipinski definition) is 3. The second kappa shape index (κ2) is 9.91. The number of carbonyl (C=O) groups is 1. The first-order chi connectivity index (χ1) is 12.9. The molecule has 2 amide bonds. The Balaban J connectivity index is 1.80. The summed E-state index contributed by atoms with van der Waals surface area (Å²) in [5, 5.41) is 23.3. The van der Waals surface area contributed by atoms with Crippen LogP contribution in [0.4, 0.5) is 10.8 Å². The number of aromatic nitrogens is 2. The van der Waals surface area contributed by atoms with Gasteiger partial charge >= 0.3 is 12.0 Å². The number of nitrogens with zero attached hydrogens (tertiary/aromatic N) is 3. The number of hydrogen-bond acceptors (Lipinski definition) is 6. The van der Waals surface area contributed by atoms with Crippen LogP contribution in [0, 0.1) is 0 Å². The minimum atomic E-state index is -0.594. The van der Waals surface area contributed by atoms with Gasteiger partial charge in [-0.2, -0.15) is 5.10 Å². The van der Waals surface area contributed by atoms with E-state index in [0.29, 0.717) is 12.0 Å². The molecule has 0 aliphatic heterocycles. The van der Waals surface area contributed by atoms with Crippen molar-refractivity contribution in [1.29, 1.82) is 0 Å². The highest BCUT2D eigenvalue weighted by Crippen LogP contribution is 2.23. The number of rotatable bonds is 7. The van der Waals surface area contributed by atoms with Crippen molar-refractivity contribution in [2.24, 2.45) is 5.10 Å². The Kier molecular flexibility index (Phi) is 7.30. The summed E-state index contributed by atoms with van der Waals surface area (Å²) < 4.78 is 5.33. The maximum absolute atomic E-state index is 11.8. The van der Waals surface area contributed by atoms with Crippen molar-refractivity contribution in [3.05, 3.63) is 47.6 Å². The molecule has 0 radical (unpaired) electrons. The molecule has 1 heterocycles. The molecule has 1 aromatic carbocycles. The Morgan fingerprint density at radius 3 is 2.81 bits per heavy atom. The molecule has 0 aliphatic rings. The number of nitrogens with one attached hydrogen (secondary N) is 2. The number of phenols is 1. The highest BCUT2D eigenvalue weighted by atomic mass is 16.4. The Morgan fingerprint density at radius 2 is 2.07 bits per heavy atom. The van der Waals surface area contributed by atoms with Crippen molar-refractivity contribution >= 4 is 18.3 Å². The van der Waals surface area contributed by atoms with Gasteiger partial charge in [0.25, 0.3) is 0 Å². The van der Waals surface area contributed by atoms with Gasteiger partial charge in [-0.05, 0) is 45.4 Å². The number of anilines is 1. The van der Waals surface area contributed by atoms with Crippen LogP contribution in [0.1, 0.15) is 33.6 Å². The molecule has 2 rings (SSSR count). The number of benzene rings is 1. The summed E-state index contributed by atoms with van der Waals surface area (Å²) in [6, 6.07) is 5.70. The molecule has 0 saturated heterocycles. The monoisotopic (exact) mass is 369 g/mol. The van der Waals surface area contributed by atoms with Crippen LogP contribution in [-0.4, -0.2) is 27.5 Å². The summed E-state index contributed by atoms with van der Waals surface area (Å²) >= 11 is 0. The van der Waals surface area contributed by atoms with Crippen molar-refractivity contribution in [3.8, 4) is 17.2 Å². The maximum atomic E-state index is 11.8. The van der Waals surface area contributed by atoms with Crippen LogP contribution in [0.2, 0.25) is 0 Å². The molecular formula is C19H23N5O3. The Hall–Kier alpha value is -3.42. The van der Waals surface area contributed by atoms with Crippen LogP contribution in [0.3, 0.4) is 0 Å². The summed E-state index contributed by atoms with van der Waals surface area (Å²) in [7, 11) is 0. The van der Waals surface area contributed by atoms with Crippen molar-refractivity contribution in [2.45, 2.75) is 33.6 Å². The molecule has 8 nitrogen and oxygen atoms in total. The molecule has 27 heavy (non-hydrogen) atoms. The second-order valence-electron chi connectivity index (χ2n) is 6.11. The summed E-state index contributed by atoms with van der Waals surface area (Å²) in [4.78, 5) is 11.8. The fourth-order valence-electron chi connectivity index (χ4n) is 2.03. The second-order valence-corrected chi connectivity index (χ2v) is 6.11. The lowest BCUT2D eigenvalue weighted by Crippen LogP contribution is -2.24. The quantitative estimate of drug-likeness (QED) is 0.384. The number of carbonyl (C=O) groups excluding carboxylic acids is 1. The van der Waals surface area contributed by atoms with E-state index in [0.717, 1.165) is 12.0 Å². The number of hydrazone groups is 1. The molecule has 8 heteroatoms. The predicted octanol–water partition coefficient (Wildman–Crippen LogP) is 4.24. The van der Waals surface area contributed by atoms with E-state index in [9.17, 15) is 9.90 Å². The average Bonchev–Trinajstić information content (AvgIpc) is 3.07. The molecule has 0 spiro atoms. The number of aromatic hydroxyl groups is 1. The summed E-state index contributed by atoms with van der Waals surface area (Å²) in [5.74, 6) is 0.263. The molecule has 0 atom stereocenters. The van der Waals surface area contributed by atoms with E-state index in [-0.39, 0.29) is 17.7 Å². The first kappa shape index (κ1) is 19.9. The van der Waals surface area contributed by atoms with Gasteiger partial charge in [-0.1, -0.05) is 34.5 Å². The van der Waals surface area contributed by atoms with Crippen molar-refractivity contribution in [3.63, 3.8) is 0 Å². The predicted molar refractivity (Wildman–Crippen MR) is 104 cm³/mol. The van der Waals surface area contributed by atoms with E-state index in [4.69, 9.17) is 4.42 Å². The van der Waals surface area contributed by atoms with E-state index >= 15 is 0 Å². The van der Waals surface area contributed by atoms with Crippen molar-refractivity contribution < 1.29 is 14.3 Å². The standard InChI is InChI=1S/C19H23N5O3/c1-13(2)6-4-7-14(3)10-11-20-23-18(26)21-19-24-22-17(27-19)15-8-5-9-16(25)12-15/h5-9,11-12,25H,4,10H2,1-3H3,(H2,21,23,24,26)/b14-7-,20-11+. The van der Waals surface area contributed by atoms with E-state index in [1.807, 2.05) is 6.92 Å². The number of allylic oxidation sites excluding steroid dienone is 4. The fraction of sp³-hybridized carbons (Fsp3) is 0.263. The van der Waals surface area contributed by atoms with Gasteiger partial charge in [0.2, 0.25) is 5.89 Å². The normalized spacial score (nSPS) is 11.4. The van der Waals surface area contributed by atoms with Crippen LogP contribution >= 0.6 is 0 Å². The molecular weight excluding hydrogens is 346 g/mol. The Bertz CT molecular complexity index is 864. The average molecular weight is 369 g/mol. The number of amides is 2. The third-order valence-corrected chi connectivity index (χ3v) is 3.40. The van der Waals surface area contributed by atoms with E-state index in [2.05, 4.69) is 52.0 Å². The summed E-state index contributed by atoms with van der Waals surface area (Å²) in [5.41, 5.74) is 5.31. The smallest absolute Gasteiger partial charge is 0.343 e. The van der Waals surface area contributed by atoms with Gasteiger partial charge < -0.3 is 9.52 Å². The molecule has 1 aromatic heterocycles. The van der Waals surface area contributed by atoms with E-state index in [1.165, 1.54) is 17.7 Å². The molecule has 2 aromatic rings. The lowest BCUT2D eigenvalue weighted by Gasteiger charge is -1.99. The van der Waals surface area contributed by atoms with E-state index in [1.54, 1.807) is 18.3 Å². The van der Waals surface area contributed by atoms with Crippen LogP contribution in [0.15, 0.2) is 57.1 Å². The highest BCUT2D eigenvalue weighted by molar-refractivity contribution is 5.87. The van der Waals surface area contributed by atoms with Crippen LogP contribution < -0.4 is 10.7 Å². The third-order valence-electron chi connectivity index (χ3n) is 3.40. The Morgan fingerprint density at radius 1 is 1.26 bits per heavy atom. The number of phenolic OH excluding ortho intramolecular Hbond substituents is 1. The molecule has 0 unspecified atom stereocenters. The van der Waals surface area contributed by atoms with Gasteiger partial charge in [-0.3, -0.25) is 5.32 Å². The zero-order valence-electron chi connectivity index (χ0n) is 15.6. The van der Waals surface area contributed by atoms with Crippen LogP contribution in [0.5, 0.6) is 5.75 Å². The zero-order valence-corrected chi connectivity index (χ0v) is 15.6. The van der Waals surface area contributed by atoms with Gasteiger partial charge in [-0.15, -0.1) is 5.10 Å². The van der Waals surface area contributed by atoms with Gasteiger partial charge in [0, 0.05) is 18.2 Å². The molecule has 0 bridgehead atoms. The molecule has 0 saturated carbocycles. The van der Waals surface area contributed by atoms with Crippen LogP contribution in [-0.2, 0) is 0 Å². The first-order valence-electron chi connectivity index (χ1n) is 8.44. The zero-order chi connectivity index (χ0) is 19.6. The first-order valence-corrected chi connectivity index (χ1v) is 8.44. The topological polar surface area (TPSA) is 113 Å². The lowest BCUT2D eigenvalue weighted by molar-refractivity contribution is 0.252. The fourth-order valence-corrected chi connectivity index (χ4v) is 2.03. The van der Waals surface area contributed by atoms with Gasteiger partial charge in [0.05, 0.1) is 0 Å². The molecule has 0 fully saturated rings. The third kappa shape index (κ3) is 7.15. The van der Waals surface area contributed by atoms with Crippen molar-refractivity contribution in [1.82, 2.24) is 15.6 Å².